The molecular formula is C12H10ClN3O3S. The summed E-state index contributed by atoms with van der Waals surface area (Å²) in [4.78, 5) is 15.7. The molecule has 104 valence electrons. The molecule has 8 heteroatoms. The van der Waals surface area contributed by atoms with E-state index in [0.717, 1.165) is 0 Å². The van der Waals surface area contributed by atoms with Crippen LogP contribution in [0.15, 0.2) is 47.4 Å². The number of aromatic nitrogens is 1. The molecule has 0 aliphatic carbocycles. The number of amides is 1. The number of benzene rings is 1. The Hall–Kier alpha value is -1.96. The normalized spacial score (nSPS) is 11.1. The zero-order valence-corrected chi connectivity index (χ0v) is 11.6. The number of nitrogens with two attached hydrogens (primary N) is 1. The van der Waals surface area contributed by atoms with Crippen LogP contribution in [0.3, 0.4) is 0 Å². The van der Waals surface area contributed by atoms with Crippen LogP contribution in [0.5, 0.6) is 0 Å². The molecule has 2 rings (SSSR count). The molecule has 0 radical (unpaired) electrons. The summed E-state index contributed by atoms with van der Waals surface area (Å²) < 4.78 is 22.2. The van der Waals surface area contributed by atoms with E-state index in [1.165, 1.54) is 30.3 Å². The van der Waals surface area contributed by atoms with Gasteiger partial charge in [-0.05, 0) is 36.4 Å². The summed E-state index contributed by atoms with van der Waals surface area (Å²) in [6, 6.07) is 10.1. The minimum atomic E-state index is -3.75. The summed E-state index contributed by atoms with van der Waals surface area (Å²) in [6.07, 6.45) is 0. The maximum atomic E-state index is 11.9. The van der Waals surface area contributed by atoms with Crippen LogP contribution in [0.25, 0.3) is 0 Å². The number of carbonyl (C=O) groups is 1. The van der Waals surface area contributed by atoms with Gasteiger partial charge in [-0.15, -0.1) is 0 Å². The topological polar surface area (TPSA) is 102 Å². The summed E-state index contributed by atoms with van der Waals surface area (Å²) in [7, 11) is -3.75. The maximum absolute atomic E-state index is 11.9. The molecular weight excluding hydrogens is 302 g/mol. The molecule has 1 amide bonds. The van der Waals surface area contributed by atoms with Gasteiger partial charge in [0.2, 0.25) is 10.0 Å². The molecule has 0 saturated carbocycles. The van der Waals surface area contributed by atoms with Crippen molar-refractivity contribution in [2.45, 2.75) is 4.90 Å². The Kier molecular flexibility index (Phi) is 4.03. The Morgan fingerprint density at radius 3 is 2.35 bits per heavy atom. The first kappa shape index (κ1) is 14.4. The first-order chi connectivity index (χ1) is 9.36. The fourth-order valence-corrected chi connectivity index (χ4v) is 2.14. The first-order valence-corrected chi connectivity index (χ1v) is 7.35. The number of pyridine rings is 1. The molecule has 0 fully saturated rings. The van der Waals surface area contributed by atoms with Crippen LogP contribution in [0.4, 0.5) is 5.69 Å². The van der Waals surface area contributed by atoms with Gasteiger partial charge in [0, 0.05) is 5.69 Å². The molecule has 0 aliphatic heterocycles. The quantitative estimate of drug-likeness (QED) is 0.841. The van der Waals surface area contributed by atoms with Crippen LogP contribution in [-0.2, 0) is 10.0 Å². The molecule has 0 spiro atoms. The van der Waals surface area contributed by atoms with Crippen molar-refractivity contribution in [2.75, 3.05) is 5.32 Å². The lowest BCUT2D eigenvalue weighted by atomic mass is 10.3. The van der Waals surface area contributed by atoms with Crippen molar-refractivity contribution in [3.8, 4) is 0 Å². The van der Waals surface area contributed by atoms with Crippen molar-refractivity contribution in [1.82, 2.24) is 4.98 Å². The fraction of sp³-hybridized carbons (Fsp3) is 0. The Morgan fingerprint density at radius 1 is 1.15 bits per heavy atom. The average molecular weight is 312 g/mol. The number of rotatable bonds is 3. The molecule has 2 aromatic rings. The standard InChI is InChI=1S/C12H10ClN3O3S/c13-11-3-1-2-10(16-11)12(17)15-8-4-6-9(7-5-8)20(14,18)19/h1-7H,(H,15,17)(H2,14,18,19). The number of nitrogens with zero attached hydrogens (tertiary/aromatic N) is 1. The summed E-state index contributed by atoms with van der Waals surface area (Å²) in [5, 5.41) is 7.75. The highest BCUT2D eigenvalue weighted by Crippen LogP contribution is 2.14. The smallest absolute Gasteiger partial charge is 0.274 e. The third-order valence-electron chi connectivity index (χ3n) is 2.39. The lowest BCUT2D eigenvalue weighted by molar-refractivity contribution is 0.102. The van der Waals surface area contributed by atoms with Gasteiger partial charge in [-0.3, -0.25) is 4.79 Å². The van der Waals surface area contributed by atoms with Gasteiger partial charge in [0.05, 0.1) is 4.90 Å². The Labute approximate surface area is 120 Å². The van der Waals surface area contributed by atoms with Gasteiger partial charge in [-0.2, -0.15) is 0 Å². The van der Waals surface area contributed by atoms with E-state index in [1.54, 1.807) is 12.1 Å². The number of sulfonamides is 1. The van der Waals surface area contributed by atoms with Gasteiger partial charge in [0.25, 0.3) is 5.91 Å². The van der Waals surface area contributed by atoms with Crippen molar-refractivity contribution in [3.05, 3.63) is 53.3 Å². The zero-order chi connectivity index (χ0) is 14.8. The second-order valence-electron chi connectivity index (χ2n) is 3.87. The Balaban J connectivity index is 2.16. The highest BCUT2D eigenvalue weighted by atomic mass is 35.5. The molecule has 1 heterocycles. The predicted molar refractivity (Wildman–Crippen MR) is 75.0 cm³/mol. The van der Waals surface area contributed by atoms with Gasteiger partial charge in [-0.1, -0.05) is 17.7 Å². The van der Waals surface area contributed by atoms with Crippen molar-refractivity contribution >= 4 is 33.2 Å². The average Bonchev–Trinajstić information content (AvgIpc) is 2.38. The third-order valence-corrected chi connectivity index (χ3v) is 3.53. The van der Waals surface area contributed by atoms with E-state index in [1.807, 2.05) is 0 Å². The molecule has 0 bridgehead atoms. The highest BCUT2D eigenvalue weighted by molar-refractivity contribution is 7.89. The molecule has 0 aliphatic rings. The molecule has 3 N–H and O–H groups in total. The van der Waals surface area contributed by atoms with E-state index in [9.17, 15) is 13.2 Å². The predicted octanol–water partition coefficient (Wildman–Crippen LogP) is 1.63. The SMILES string of the molecule is NS(=O)(=O)c1ccc(NC(=O)c2cccc(Cl)n2)cc1. The molecule has 0 atom stereocenters. The second-order valence-corrected chi connectivity index (χ2v) is 5.82. The van der Waals surface area contributed by atoms with Gasteiger partial charge in [-0.25, -0.2) is 18.5 Å². The summed E-state index contributed by atoms with van der Waals surface area (Å²) in [5.74, 6) is -0.448. The molecule has 6 nitrogen and oxygen atoms in total. The molecule has 20 heavy (non-hydrogen) atoms. The van der Waals surface area contributed by atoms with E-state index >= 15 is 0 Å². The Morgan fingerprint density at radius 2 is 1.80 bits per heavy atom. The van der Waals surface area contributed by atoms with Crippen LogP contribution in [0, 0.1) is 0 Å². The minimum absolute atomic E-state index is 0.0311. The zero-order valence-electron chi connectivity index (χ0n) is 10.1. The van der Waals surface area contributed by atoms with Gasteiger partial charge >= 0.3 is 0 Å². The molecule has 0 saturated heterocycles. The van der Waals surface area contributed by atoms with Crippen LogP contribution in [0.2, 0.25) is 5.15 Å². The maximum Gasteiger partial charge on any atom is 0.274 e. The van der Waals surface area contributed by atoms with Crippen LogP contribution in [0.1, 0.15) is 10.5 Å². The largest absolute Gasteiger partial charge is 0.321 e. The van der Waals surface area contributed by atoms with E-state index in [-0.39, 0.29) is 15.7 Å². The van der Waals surface area contributed by atoms with E-state index in [2.05, 4.69) is 10.3 Å². The number of carbonyl (C=O) groups excluding carboxylic acids is 1. The summed E-state index contributed by atoms with van der Waals surface area (Å²) in [5.41, 5.74) is 0.581. The number of anilines is 1. The first-order valence-electron chi connectivity index (χ1n) is 5.43. The van der Waals surface area contributed by atoms with Gasteiger partial charge in [0.1, 0.15) is 10.8 Å². The summed E-state index contributed by atoms with van der Waals surface area (Å²) in [6.45, 7) is 0. The fourth-order valence-electron chi connectivity index (χ4n) is 1.46. The van der Waals surface area contributed by atoms with E-state index < -0.39 is 15.9 Å². The summed E-state index contributed by atoms with van der Waals surface area (Å²) >= 11 is 5.69. The van der Waals surface area contributed by atoms with E-state index in [0.29, 0.717) is 5.69 Å². The minimum Gasteiger partial charge on any atom is -0.321 e. The lowest BCUT2D eigenvalue weighted by Gasteiger charge is -2.05. The van der Waals surface area contributed by atoms with Crippen molar-refractivity contribution in [1.29, 1.82) is 0 Å². The molecule has 1 aromatic carbocycles. The van der Waals surface area contributed by atoms with Crippen LogP contribution < -0.4 is 10.5 Å². The third kappa shape index (κ3) is 3.53. The number of hydrogen-bond donors (Lipinski definition) is 2. The number of nitrogens with one attached hydrogen (secondary N) is 1. The van der Waals surface area contributed by atoms with Gasteiger partial charge in [0.15, 0.2) is 0 Å². The van der Waals surface area contributed by atoms with Crippen molar-refractivity contribution in [2.24, 2.45) is 5.14 Å². The van der Waals surface area contributed by atoms with E-state index in [4.69, 9.17) is 16.7 Å². The number of hydrogen-bond acceptors (Lipinski definition) is 4. The van der Waals surface area contributed by atoms with Crippen LogP contribution >= 0.6 is 11.6 Å². The van der Waals surface area contributed by atoms with Crippen molar-refractivity contribution < 1.29 is 13.2 Å². The van der Waals surface area contributed by atoms with Crippen molar-refractivity contribution in [3.63, 3.8) is 0 Å². The number of primary sulfonamides is 1. The van der Waals surface area contributed by atoms with Crippen LogP contribution in [-0.4, -0.2) is 19.3 Å². The Bertz CT molecular complexity index is 745. The number of halogens is 1. The molecule has 0 unspecified atom stereocenters. The second kappa shape index (κ2) is 5.58. The molecule has 1 aromatic heterocycles. The highest BCUT2D eigenvalue weighted by Gasteiger charge is 2.10. The monoisotopic (exact) mass is 311 g/mol. The lowest BCUT2D eigenvalue weighted by Crippen LogP contribution is -2.14. The van der Waals surface area contributed by atoms with Gasteiger partial charge < -0.3 is 5.32 Å².